The van der Waals surface area contributed by atoms with Crippen molar-refractivity contribution in [2.75, 3.05) is 24.9 Å². The Bertz CT molecular complexity index is 764. The normalized spacial score (nSPS) is 19.2. The fourth-order valence-electron chi connectivity index (χ4n) is 2.55. The molecule has 0 bridgehead atoms. The molecule has 0 saturated carbocycles. The van der Waals surface area contributed by atoms with Gasteiger partial charge in [0.2, 0.25) is 0 Å². The van der Waals surface area contributed by atoms with Crippen molar-refractivity contribution in [3.8, 4) is 0 Å². The van der Waals surface area contributed by atoms with Gasteiger partial charge >= 0.3 is 0 Å². The molecule has 0 unspecified atom stereocenters. The molecule has 1 heterocycles. The van der Waals surface area contributed by atoms with Crippen LogP contribution < -0.4 is 10.2 Å². The molecular formula is C18H23ClN2. The Morgan fingerprint density at radius 1 is 1.00 bits per heavy atom. The van der Waals surface area contributed by atoms with E-state index in [0.29, 0.717) is 24.2 Å². The lowest BCUT2D eigenvalue weighted by Crippen LogP contribution is -2.22. The van der Waals surface area contributed by atoms with Crippen LogP contribution in [0.1, 0.15) is 25.7 Å². The molecule has 0 radical (unpaired) electrons. The summed E-state index contributed by atoms with van der Waals surface area (Å²) in [6, 6.07) is 14.7. The molecule has 3 heteroatoms. The van der Waals surface area contributed by atoms with Gasteiger partial charge in [-0.1, -0.05) is 36.4 Å². The van der Waals surface area contributed by atoms with Crippen molar-refractivity contribution in [2.24, 2.45) is 0 Å². The van der Waals surface area contributed by atoms with Crippen LogP contribution in [0.4, 0.5) is 11.4 Å². The van der Waals surface area contributed by atoms with Gasteiger partial charge in [0.25, 0.3) is 0 Å². The smallest absolute Gasteiger partial charge is 0.0498 e. The van der Waals surface area contributed by atoms with E-state index in [0.717, 1.165) is 11.1 Å². The van der Waals surface area contributed by atoms with Crippen LogP contribution in [0.3, 0.4) is 0 Å². The number of benzene rings is 2. The molecule has 21 heavy (non-hydrogen) atoms. The number of halogens is 1. The second-order valence-electron chi connectivity index (χ2n) is 4.70. The first kappa shape index (κ1) is 9.50. The Morgan fingerprint density at radius 3 is 2.05 bits per heavy atom. The van der Waals surface area contributed by atoms with Gasteiger partial charge in [-0.15, -0.1) is 12.4 Å². The van der Waals surface area contributed by atoms with Crippen molar-refractivity contribution in [3.05, 3.63) is 59.7 Å². The van der Waals surface area contributed by atoms with E-state index in [2.05, 4.69) is 5.32 Å². The van der Waals surface area contributed by atoms with Crippen LogP contribution in [0.2, 0.25) is 0 Å². The maximum Gasteiger partial charge on any atom is 0.0498 e. The number of fused-ring (bicyclic) bond motifs is 2. The highest BCUT2D eigenvalue weighted by molar-refractivity contribution is 5.85. The van der Waals surface area contributed by atoms with Gasteiger partial charge in [0, 0.05) is 26.1 Å². The molecule has 2 aromatic carbocycles. The molecule has 1 aliphatic heterocycles. The van der Waals surface area contributed by atoms with Crippen molar-refractivity contribution in [2.45, 2.75) is 19.2 Å². The van der Waals surface area contributed by atoms with E-state index < -0.39 is 19.4 Å². The van der Waals surface area contributed by atoms with E-state index in [9.17, 15) is 0 Å². The lowest BCUT2D eigenvalue weighted by Gasteiger charge is -2.27. The van der Waals surface area contributed by atoms with Gasteiger partial charge in [-0.2, -0.15) is 0 Å². The van der Waals surface area contributed by atoms with Crippen LogP contribution in [0.15, 0.2) is 48.5 Å². The summed E-state index contributed by atoms with van der Waals surface area (Å²) in [5.41, 5.74) is 2.96. The van der Waals surface area contributed by atoms with Gasteiger partial charge in [-0.3, -0.25) is 0 Å². The Kier molecular flexibility index (Phi) is 3.38. The van der Waals surface area contributed by atoms with Gasteiger partial charge in [-0.05, 0) is 56.0 Å². The summed E-state index contributed by atoms with van der Waals surface area (Å²) in [7, 11) is 1.29. The number of anilines is 2. The molecule has 2 nitrogen and oxygen atoms in total. The minimum atomic E-state index is -2.83. The monoisotopic (exact) mass is 308 g/mol. The zero-order valence-electron chi connectivity index (χ0n) is 17.9. The maximum absolute atomic E-state index is 8.68. The number of hydrogen-bond donors (Lipinski definition) is 1. The van der Waals surface area contributed by atoms with Crippen molar-refractivity contribution < 1.29 is 8.22 Å². The lowest BCUT2D eigenvalue weighted by atomic mass is 10.0. The van der Waals surface area contributed by atoms with Crippen molar-refractivity contribution >= 4 is 23.8 Å². The summed E-state index contributed by atoms with van der Waals surface area (Å²) in [5, 5.41) is 2.28. The van der Waals surface area contributed by atoms with E-state index in [1.54, 1.807) is 24.3 Å². The van der Waals surface area contributed by atoms with Crippen molar-refractivity contribution in [3.63, 3.8) is 0 Å². The summed E-state index contributed by atoms with van der Waals surface area (Å²) < 4.78 is 50.0. The van der Waals surface area contributed by atoms with E-state index in [1.807, 2.05) is 24.3 Å². The lowest BCUT2D eigenvalue weighted by molar-refractivity contribution is 0.723. The van der Waals surface area contributed by atoms with Crippen LogP contribution in [0, 0.1) is 0 Å². The second-order valence-corrected chi connectivity index (χ2v) is 4.70. The number of rotatable bonds is 4. The molecule has 0 aromatic heterocycles. The molecular weight excluding hydrogens is 280 g/mol. The third-order valence-corrected chi connectivity index (χ3v) is 3.48. The number of nitrogens with zero attached hydrogens (tertiary/aromatic N) is 1. The minimum Gasteiger partial charge on any atom is -0.341 e. The molecule has 0 atom stereocenters. The van der Waals surface area contributed by atoms with E-state index in [-0.39, 0.29) is 12.4 Å². The van der Waals surface area contributed by atoms with Crippen LogP contribution in [0.5, 0.6) is 0 Å². The van der Waals surface area contributed by atoms with Gasteiger partial charge in [0.1, 0.15) is 0 Å². The molecule has 0 aliphatic carbocycles. The molecule has 0 saturated heterocycles. The van der Waals surface area contributed by atoms with Crippen LogP contribution in [-0.4, -0.2) is 20.0 Å². The third kappa shape index (κ3) is 3.39. The fourth-order valence-corrected chi connectivity index (χ4v) is 2.55. The first-order valence-corrected chi connectivity index (χ1v) is 6.78. The molecule has 1 aliphatic rings. The van der Waals surface area contributed by atoms with E-state index >= 15 is 0 Å². The summed E-state index contributed by atoms with van der Waals surface area (Å²) in [6.45, 7) is -5.21. The predicted octanol–water partition coefficient (Wildman–Crippen LogP) is 3.95. The zero-order valence-corrected chi connectivity index (χ0v) is 12.7. The molecule has 0 amide bonds. The Hall–Kier alpha value is -1.51. The third-order valence-electron chi connectivity index (χ3n) is 3.48. The maximum atomic E-state index is 8.68. The minimum absolute atomic E-state index is 0. The number of hydrogen-bond acceptors (Lipinski definition) is 2. The van der Waals surface area contributed by atoms with Crippen molar-refractivity contribution in [1.82, 2.24) is 5.32 Å². The van der Waals surface area contributed by atoms with Crippen LogP contribution in [-0.2, 0) is 12.8 Å². The first-order valence-electron chi connectivity index (χ1n) is 9.78. The summed E-state index contributed by atoms with van der Waals surface area (Å²) in [4.78, 5) is 1.32. The van der Waals surface area contributed by atoms with Gasteiger partial charge in [0.15, 0.2) is 0 Å². The van der Waals surface area contributed by atoms with Gasteiger partial charge in [-0.25, -0.2) is 0 Å². The average Bonchev–Trinajstić information content (AvgIpc) is 2.78. The van der Waals surface area contributed by atoms with E-state index in [4.69, 9.17) is 8.22 Å². The summed E-state index contributed by atoms with van der Waals surface area (Å²) >= 11 is 0. The van der Waals surface area contributed by atoms with Gasteiger partial charge in [0.05, 0.1) is 0 Å². The van der Waals surface area contributed by atoms with Crippen LogP contribution in [0.25, 0.3) is 0 Å². The molecule has 0 spiro atoms. The van der Waals surface area contributed by atoms with Crippen LogP contribution >= 0.6 is 12.4 Å². The van der Waals surface area contributed by atoms with Crippen molar-refractivity contribution in [1.29, 1.82) is 0 Å². The molecule has 0 fully saturated rings. The predicted molar refractivity (Wildman–Crippen MR) is 93.1 cm³/mol. The standard InChI is InChI=1S/C18H22N2.ClH/c1-19-13-6-14-20-17-9-4-2-7-15(17)11-12-16-8-3-5-10-18(16)20;/h2-5,7-10,19H,6,11-14H2,1H3;1H/i6D2,13D2,14D2;. The number of nitrogens with one attached hydrogen (secondary N) is 1. The number of para-hydroxylation sites is 2. The SMILES string of the molecule is Cl.[2H]C([2H])(NC)C([2H])([2H])C([2H])([2H])N1c2ccccc2CCc2ccccc21. The highest BCUT2D eigenvalue weighted by atomic mass is 35.5. The highest BCUT2D eigenvalue weighted by Crippen LogP contribution is 2.35. The molecule has 2 aromatic rings. The Balaban J connectivity index is 0.00000261. The second kappa shape index (κ2) is 7.48. The summed E-state index contributed by atoms with van der Waals surface area (Å²) in [5.74, 6) is 0. The first-order chi connectivity index (χ1) is 12.1. The molecule has 112 valence electrons. The Morgan fingerprint density at radius 2 is 1.52 bits per heavy atom. The number of aryl methyl sites for hydroxylation is 2. The highest BCUT2D eigenvalue weighted by Gasteiger charge is 2.19. The topological polar surface area (TPSA) is 15.3 Å². The van der Waals surface area contributed by atoms with Gasteiger partial charge < -0.3 is 10.2 Å². The Labute approximate surface area is 142 Å². The zero-order chi connectivity index (χ0) is 19.2. The average molecular weight is 309 g/mol. The fraction of sp³-hybridized carbons (Fsp3) is 0.333. The quantitative estimate of drug-likeness (QED) is 0.920. The molecule has 3 rings (SSSR count). The molecule has 1 N–H and O–H groups in total. The largest absolute Gasteiger partial charge is 0.341 e. The summed E-state index contributed by atoms with van der Waals surface area (Å²) in [6.07, 6.45) is -1.41. The van der Waals surface area contributed by atoms with E-state index in [1.165, 1.54) is 11.9 Å².